The Hall–Kier alpha value is -4.98. The van der Waals surface area contributed by atoms with Crippen LogP contribution in [0, 0.1) is 22.7 Å². The summed E-state index contributed by atoms with van der Waals surface area (Å²) < 4.78 is 19.2. The Morgan fingerprint density at radius 3 is 1.00 bits per heavy atom. The third-order valence-corrected chi connectivity index (χ3v) is 11.0. The van der Waals surface area contributed by atoms with Gasteiger partial charge in [0.05, 0.1) is 0 Å². The molecule has 0 heterocycles. The SMILES string of the molecule is CC(C)(C)c1cc2c(O)c(c1)Cc1cc(C(C)(C)C)cc(c1OCC#N)Cc1cc(C(C)(C)C)cc(c1OCC(=O)Cl)Cc1cc(C(C)(C)C)cc(c1OCC#N)C2. The van der Waals surface area contributed by atoms with Gasteiger partial charge in [0.2, 0.25) is 0 Å². The Morgan fingerprint density at radius 1 is 0.517 bits per heavy atom. The van der Waals surface area contributed by atoms with Gasteiger partial charge in [-0.2, -0.15) is 10.5 Å². The zero-order valence-corrected chi connectivity index (χ0v) is 37.2. The van der Waals surface area contributed by atoms with Crippen LogP contribution in [0.3, 0.4) is 0 Å². The quantitative estimate of drug-likeness (QED) is 0.163. The highest BCUT2D eigenvalue weighted by molar-refractivity contribution is 6.63. The van der Waals surface area contributed by atoms with E-state index in [2.05, 4.69) is 144 Å². The zero-order chi connectivity index (χ0) is 43.0. The number of benzene rings is 4. The standard InChI is InChI=1S/C50H59ClN2O5/c1-47(2,3)38-21-30-17-32-23-39(48(4,5)6)25-34(44(32)56-15-13-52)19-36-27-41(50(10,11)12)28-37(46(36)58-29-42(51)54)20-35-26-40(49(7,8)9)24-33(45(35)57-16-14-53)18-31(22-38)43(30)55/h21-28,55H,15-20,29H2,1-12H3. The molecule has 0 radical (unpaired) electrons. The largest absolute Gasteiger partial charge is 0.507 e. The van der Waals surface area contributed by atoms with E-state index in [0.29, 0.717) is 42.9 Å². The van der Waals surface area contributed by atoms with E-state index >= 15 is 0 Å². The summed E-state index contributed by atoms with van der Waals surface area (Å²) in [5.74, 6) is 1.88. The van der Waals surface area contributed by atoms with E-state index < -0.39 is 5.24 Å². The summed E-state index contributed by atoms with van der Waals surface area (Å²) in [6.45, 7) is 25.3. The predicted octanol–water partition coefficient (Wildman–Crippen LogP) is 11.2. The fourth-order valence-electron chi connectivity index (χ4n) is 7.53. The van der Waals surface area contributed by atoms with Gasteiger partial charge in [-0.15, -0.1) is 0 Å². The summed E-state index contributed by atoms with van der Waals surface area (Å²) in [7, 11) is 0. The summed E-state index contributed by atoms with van der Waals surface area (Å²) in [5, 5.41) is 31.3. The molecule has 0 unspecified atom stereocenters. The van der Waals surface area contributed by atoms with Crippen molar-refractivity contribution in [1.29, 1.82) is 10.5 Å². The first-order valence-electron chi connectivity index (χ1n) is 20.1. The summed E-state index contributed by atoms with van der Waals surface area (Å²) in [6.07, 6.45) is 1.38. The molecular formula is C50H59ClN2O5. The Labute approximate surface area is 350 Å². The van der Waals surface area contributed by atoms with Crippen molar-refractivity contribution in [2.75, 3.05) is 19.8 Å². The minimum atomic E-state index is -0.625. The van der Waals surface area contributed by atoms with Crippen LogP contribution in [0.25, 0.3) is 0 Å². The molecule has 0 aliphatic heterocycles. The van der Waals surface area contributed by atoms with Crippen LogP contribution in [0.5, 0.6) is 23.0 Å². The van der Waals surface area contributed by atoms with Gasteiger partial charge in [-0.1, -0.05) is 132 Å². The van der Waals surface area contributed by atoms with Crippen molar-refractivity contribution in [3.8, 4) is 35.1 Å². The van der Waals surface area contributed by atoms with E-state index in [1.807, 2.05) is 0 Å². The average molecular weight is 803 g/mol. The van der Waals surface area contributed by atoms with E-state index in [1.165, 1.54) is 0 Å². The van der Waals surface area contributed by atoms with Crippen LogP contribution in [0.1, 0.15) is 150 Å². The average Bonchev–Trinajstić information content (AvgIpc) is 3.09. The van der Waals surface area contributed by atoms with Crippen LogP contribution in [-0.2, 0) is 52.1 Å². The molecule has 306 valence electrons. The topological polar surface area (TPSA) is 113 Å². The molecule has 7 nitrogen and oxygen atoms in total. The lowest BCUT2D eigenvalue weighted by molar-refractivity contribution is -0.113. The van der Waals surface area contributed by atoms with E-state index in [0.717, 1.165) is 66.8 Å². The first-order valence-corrected chi connectivity index (χ1v) is 20.4. The number of fused-ring (bicyclic) bond motifs is 8. The van der Waals surface area contributed by atoms with Gasteiger partial charge >= 0.3 is 0 Å². The number of halogens is 1. The number of ether oxygens (including phenoxy) is 3. The lowest BCUT2D eigenvalue weighted by Gasteiger charge is -2.28. The fourth-order valence-corrected chi connectivity index (χ4v) is 7.58. The molecule has 0 atom stereocenters. The Balaban J connectivity index is 2.00. The van der Waals surface area contributed by atoms with Gasteiger partial charge in [0.15, 0.2) is 19.8 Å². The molecule has 8 bridgehead atoms. The smallest absolute Gasteiger partial charge is 0.259 e. The molecule has 1 aliphatic carbocycles. The molecule has 5 rings (SSSR count). The van der Waals surface area contributed by atoms with Gasteiger partial charge in [-0.25, -0.2) is 0 Å². The van der Waals surface area contributed by atoms with Crippen LogP contribution in [0.15, 0.2) is 48.5 Å². The maximum atomic E-state index is 12.4. The molecule has 0 aromatic heterocycles. The number of carbonyl (C=O) groups is 1. The number of rotatable bonds is 7. The van der Waals surface area contributed by atoms with E-state index in [4.69, 9.17) is 25.8 Å². The van der Waals surface area contributed by atoms with Gasteiger partial charge in [-0.3, -0.25) is 4.79 Å². The number of nitriles is 2. The maximum absolute atomic E-state index is 12.4. The number of phenols is 1. The van der Waals surface area contributed by atoms with Crippen molar-refractivity contribution in [3.63, 3.8) is 0 Å². The minimum Gasteiger partial charge on any atom is -0.507 e. The second-order valence-electron chi connectivity index (χ2n) is 19.8. The predicted molar refractivity (Wildman–Crippen MR) is 232 cm³/mol. The Morgan fingerprint density at radius 2 is 0.759 bits per heavy atom. The van der Waals surface area contributed by atoms with Crippen molar-refractivity contribution in [2.24, 2.45) is 0 Å². The molecule has 4 aromatic rings. The number of aromatic hydroxyl groups is 1. The highest BCUT2D eigenvalue weighted by Crippen LogP contribution is 2.44. The molecule has 0 fully saturated rings. The first kappa shape index (κ1) is 44.1. The van der Waals surface area contributed by atoms with E-state index in [-0.39, 0.29) is 47.2 Å². The summed E-state index contributed by atoms with van der Waals surface area (Å²) in [5.41, 5.74) is 9.78. The highest BCUT2D eigenvalue weighted by Gasteiger charge is 2.29. The van der Waals surface area contributed by atoms with Crippen molar-refractivity contribution in [3.05, 3.63) is 115 Å². The van der Waals surface area contributed by atoms with Crippen LogP contribution in [-0.4, -0.2) is 30.2 Å². The molecule has 0 saturated heterocycles. The molecule has 58 heavy (non-hydrogen) atoms. The zero-order valence-electron chi connectivity index (χ0n) is 36.4. The first-order chi connectivity index (χ1) is 26.9. The normalized spacial score (nSPS) is 13.3. The molecule has 0 spiro atoms. The third kappa shape index (κ3) is 10.2. The molecule has 4 aromatic carbocycles. The maximum Gasteiger partial charge on any atom is 0.259 e. The van der Waals surface area contributed by atoms with Gasteiger partial charge < -0.3 is 19.3 Å². The van der Waals surface area contributed by atoms with Crippen LogP contribution in [0.2, 0.25) is 0 Å². The number of hydrogen-bond acceptors (Lipinski definition) is 7. The molecule has 1 aliphatic rings. The number of nitrogens with zero attached hydrogens (tertiary/aromatic N) is 2. The lowest BCUT2D eigenvalue weighted by atomic mass is 9.79. The van der Waals surface area contributed by atoms with Gasteiger partial charge in [-0.05, 0) is 100 Å². The van der Waals surface area contributed by atoms with Gasteiger partial charge in [0.1, 0.15) is 35.1 Å². The fraction of sp³-hybridized carbons (Fsp3) is 0.460. The van der Waals surface area contributed by atoms with E-state index in [9.17, 15) is 20.4 Å². The van der Waals surface area contributed by atoms with Crippen molar-refractivity contribution >= 4 is 16.8 Å². The minimum absolute atomic E-state index is 0.165. The molecule has 1 N–H and O–H groups in total. The van der Waals surface area contributed by atoms with Crippen molar-refractivity contribution in [2.45, 2.75) is 130 Å². The van der Waals surface area contributed by atoms with Crippen LogP contribution >= 0.6 is 11.6 Å². The molecule has 0 amide bonds. The second-order valence-corrected chi connectivity index (χ2v) is 20.2. The monoisotopic (exact) mass is 802 g/mol. The number of carbonyl (C=O) groups excluding carboxylic acids is 1. The Kier molecular flexibility index (Phi) is 12.7. The van der Waals surface area contributed by atoms with Crippen LogP contribution < -0.4 is 14.2 Å². The Bertz CT molecular complexity index is 2170. The highest BCUT2D eigenvalue weighted by atomic mass is 35.5. The number of hydrogen-bond donors (Lipinski definition) is 1. The lowest BCUT2D eigenvalue weighted by Crippen LogP contribution is -2.18. The van der Waals surface area contributed by atoms with E-state index in [1.54, 1.807) is 0 Å². The summed E-state index contributed by atoms with van der Waals surface area (Å²) >= 11 is 5.96. The van der Waals surface area contributed by atoms with Crippen molar-refractivity contribution < 1.29 is 24.1 Å². The van der Waals surface area contributed by atoms with Crippen LogP contribution in [0.4, 0.5) is 0 Å². The molecule has 8 heteroatoms. The third-order valence-electron chi connectivity index (χ3n) is 10.9. The molecule has 0 saturated carbocycles. The van der Waals surface area contributed by atoms with Gasteiger partial charge in [0, 0.05) is 25.7 Å². The van der Waals surface area contributed by atoms with Gasteiger partial charge in [0.25, 0.3) is 5.24 Å². The summed E-state index contributed by atoms with van der Waals surface area (Å²) in [4.78, 5) is 12.4. The second kappa shape index (κ2) is 16.7. The van der Waals surface area contributed by atoms with Crippen molar-refractivity contribution in [1.82, 2.24) is 0 Å². The molecular weight excluding hydrogens is 744 g/mol. The number of phenolic OH excluding ortho intramolecular Hbond substituents is 1. The summed E-state index contributed by atoms with van der Waals surface area (Å²) in [6, 6.07) is 21.3.